The number of halogens is 4. The number of alkyl halides is 3. The van der Waals surface area contributed by atoms with Crippen LogP contribution < -0.4 is 0 Å². The lowest BCUT2D eigenvalue weighted by atomic mass is 11.5. The predicted octanol–water partition coefficient (Wildman–Crippen LogP) is 2.16. The number of rotatable bonds is 1. The van der Waals surface area contributed by atoms with Crippen molar-refractivity contribution in [1.29, 1.82) is 0 Å². The lowest BCUT2D eigenvalue weighted by Crippen LogP contribution is -1.98. The molecular formula is C3H3F4OP. The molecule has 0 heterocycles. The molecule has 54 valence electrons. The fraction of sp³-hybridized carbons (Fsp3) is 0.667. The van der Waals surface area contributed by atoms with Crippen molar-refractivity contribution in [1.82, 2.24) is 0 Å². The van der Waals surface area contributed by atoms with Gasteiger partial charge in [-0.05, 0) is 0 Å². The van der Waals surface area contributed by atoms with E-state index in [-0.39, 0.29) is 0 Å². The Balaban J connectivity index is 3.95. The van der Waals surface area contributed by atoms with Crippen LogP contribution in [0.2, 0.25) is 0 Å². The Morgan fingerprint density at radius 1 is 1.44 bits per heavy atom. The van der Waals surface area contributed by atoms with E-state index in [1.54, 1.807) is 0 Å². The van der Waals surface area contributed by atoms with Crippen molar-refractivity contribution in [2.45, 2.75) is 5.92 Å². The molecule has 0 aliphatic carbocycles. The third-order valence-corrected chi connectivity index (χ3v) is 0.995. The van der Waals surface area contributed by atoms with Gasteiger partial charge >= 0.3 is 5.92 Å². The molecule has 0 spiro atoms. The highest BCUT2D eigenvalue weighted by Gasteiger charge is 2.26. The second-order valence-corrected chi connectivity index (χ2v) is 2.12. The Kier molecular flexibility index (Phi) is 3.08. The maximum absolute atomic E-state index is 11.6. The summed E-state index contributed by atoms with van der Waals surface area (Å²) in [6, 6.07) is 0. The van der Waals surface area contributed by atoms with E-state index < -0.39 is 19.9 Å². The molecule has 0 aromatic carbocycles. The van der Waals surface area contributed by atoms with Gasteiger partial charge < -0.3 is 4.74 Å². The minimum atomic E-state index is -4.54. The molecule has 0 bridgehead atoms. The van der Waals surface area contributed by atoms with Gasteiger partial charge in [-0.1, -0.05) is 0 Å². The van der Waals surface area contributed by atoms with Crippen molar-refractivity contribution in [2.24, 2.45) is 0 Å². The Hall–Kier alpha value is -0.150. The SMILES string of the molecule is COC(F)=PC(F)(F)F. The number of methoxy groups -OCH3 is 1. The van der Waals surface area contributed by atoms with E-state index >= 15 is 0 Å². The number of hydrogen-bond donors (Lipinski definition) is 0. The molecular weight excluding hydrogens is 159 g/mol. The van der Waals surface area contributed by atoms with E-state index in [9.17, 15) is 17.6 Å². The van der Waals surface area contributed by atoms with Crippen molar-refractivity contribution >= 4 is 13.9 Å². The van der Waals surface area contributed by atoms with E-state index in [2.05, 4.69) is 4.74 Å². The van der Waals surface area contributed by atoms with Gasteiger partial charge in [0.1, 0.15) is 0 Å². The molecule has 0 unspecified atom stereocenters. The maximum Gasteiger partial charge on any atom is 0.436 e. The highest BCUT2D eigenvalue weighted by molar-refractivity contribution is 7.40. The molecule has 0 saturated heterocycles. The molecule has 0 aromatic rings. The lowest BCUT2D eigenvalue weighted by Gasteiger charge is -1.95. The second-order valence-electron chi connectivity index (χ2n) is 1.04. The molecule has 0 amide bonds. The summed E-state index contributed by atoms with van der Waals surface area (Å²) >= 11 is 0. The average Bonchev–Trinajstić information content (AvgIpc) is 1.62. The van der Waals surface area contributed by atoms with Crippen LogP contribution in [0.5, 0.6) is 0 Å². The van der Waals surface area contributed by atoms with Crippen molar-refractivity contribution in [3.05, 3.63) is 0 Å². The van der Waals surface area contributed by atoms with Crippen molar-refractivity contribution < 1.29 is 22.3 Å². The second kappa shape index (κ2) is 3.13. The van der Waals surface area contributed by atoms with Crippen LogP contribution in [0.1, 0.15) is 0 Å². The monoisotopic (exact) mass is 162 g/mol. The van der Waals surface area contributed by atoms with Crippen LogP contribution in [0.15, 0.2) is 0 Å². The fourth-order valence-electron chi connectivity index (χ4n) is 0.145. The zero-order valence-corrected chi connectivity index (χ0v) is 5.26. The zero-order valence-electron chi connectivity index (χ0n) is 4.37. The van der Waals surface area contributed by atoms with Gasteiger partial charge in [0.25, 0.3) is 5.73 Å². The minimum Gasteiger partial charge on any atom is -0.321 e. The third-order valence-electron chi connectivity index (χ3n) is 0.383. The summed E-state index contributed by atoms with van der Waals surface area (Å²) in [5, 5.41) is 0. The highest BCUT2D eigenvalue weighted by atomic mass is 31.1. The van der Waals surface area contributed by atoms with Crippen molar-refractivity contribution in [2.75, 3.05) is 7.11 Å². The van der Waals surface area contributed by atoms with Gasteiger partial charge in [0.15, 0.2) is 0 Å². The summed E-state index contributed by atoms with van der Waals surface area (Å²) < 4.78 is 48.7. The molecule has 0 rings (SSSR count). The van der Waals surface area contributed by atoms with Gasteiger partial charge in [0, 0.05) is 7.11 Å². The summed E-state index contributed by atoms with van der Waals surface area (Å²) in [5.74, 6) is -4.54. The van der Waals surface area contributed by atoms with Crippen LogP contribution in [-0.4, -0.2) is 18.8 Å². The van der Waals surface area contributed by atoms with E-state index in [0.717, 1.165) is 7.11 Å². The normalized spacial score (nSPS) is 14.1. The lowest BCUT2D eigenvalue weighted by molar-refractivity contribution is -0.0352. The first-order valence-electron chi connectivity index (χ1n) is 1.82. The molecule has 0 aliphatic rings. The van der Waals surface area contributed by atoms with Gasteiger partial charge in [-0.15, -0.1) is 0 Å². The molecule has 0 fully saturated rings. The largest absolute Gasteiger partial charge is 0.436 e. The summed E-state index contributed by atoms with van der Waals surface area (Å²) in [6.07, 6.45) is 0. The predicted molar refractivity (Wildman–Crippen MR) is 26.1 cm³/mol. The minimum absolute atomic E-state index is 0.841. The zero-order chi connectivity index (χ0) is 7.49. The molecule has 1 nitrogen and oxygen atoms in total. The molecule has 6 heteroatoms. The Labute approximate surface area is 50.4 Å². The average molecular weight is 162 g/mol. The topological polar surface area (TPSA) is 9.23 Å². The van der Waals surface area contributed by atoms with Crippen LogP contribution in [0, 0.1) is 0 Å². The van der Waals surface area contributed by atoms with E-state index in [1.165, 1.54) is 0 Å². The fourth-order valence-corrected chi connectivity index (χ4v) is 0.436. The van der Waals surface area contributed by atoms with E-state index in [0.29, 0.717) is 0 Å². The molecule has 0 aromatic heterocycles. The Morgan fingerprint density at radius 3 is 2.00 bits per heavy atom. The molecule has 0 aliphatic heterocycles. The maximum atomic E-state index is 11.6. The summed E-state index contributed by atoms with van der Waals surface area (Å²) in [5.41, 5.74) is -1.54. The van der Waals surface area contributed by atoms with Crippen LogP contribution in [0.4, 0.5) is 17.6 Å². The van der Waals surface area contributed by atoms with Gasteiger partial charge in [-0.3, -0.25) is 0 Å². The van der Waals surface area contributed by atoms with Gasteiger partial charge in [-0.25, -0.2) is 0 Å². The summed E-state index contributed by atoms with van der Waals surface area (Å²) in [6.45, 7) is 0. The van der Waals surface area contributed by atoms with Gasteiger partial charge in [-0.2, -0.15) is 17.6 Å². The molecule has 0 atom stereocenters. The highest BCUT2D eigenvalue weighted by Crippen LogP contribution is 2.30. The van der Waals surface area contributed by atoms with Gasteiger partial charge in [0.2, 0.25) is 0 Å². The van der Waals surface area contributed by atoms with E-state index in [4.69, 9.17) is 0 Å². The van der Waals surface area contributed by atoms with Crippen LogP contribution in [0.3, 0.4) is 0 Å². The first-order valence-corrected chi connectivity index (χ1v) is 2.71. The van der Waals surface area contributed by atoms with Crippen molar-refractivity contribution in [3.8, 4) is 0 Å². The van der Waals surface area contributed by atoms with Crippen LogP contribution in [0.25, 0.3) is 0 Å². The number of hydrogen-bond acceptors (Lipinski definition) is 1. The summed E-state index contributed by atoms with van der Waals surface area (Å²) in [4.78, 5) is 0. The molecule has 9 heavy (non-hydrogen) atoms. The quantitative estimate of drug-likeness (QED) is 0.424. The smallest absolute Gasteiger partial charge is 0.321 e. The number of ether oxygens (including phenoxy) is 1. The van der Waals surface area contributed by atoms with Crippen LogP contribution in [-0.2, 0) is 4.74 Å². The molecule has 0 radical (unpaired) electrons. The summed E-state index contributed by atoms with van der Waals surface area (Å²) in [7, 11) is -0.545. The molecule has 0 saturated carbocycles. The standard InChI is InChI=1S/C3H3F4OP/c1-8-2(4)9-3(5,6)7/h1H3. The Bertz CT molecular complexity index is 117. The van der Waals surface area contributed by atoms with E-state index in [1.807, 2.05) is 0 Å². The van der Waals surface area contributed by atoms with Crippen molar-refractivity contribution in [3.63, 3.8) is 0 Å². The first kappa shape index (κ1) is 8.85. The third kappa shape index (κ3) is 5.73. The van der Waals surface area contributed by atoms with Gasteiger partial charge in [0.05, 0.1) is 8.20 Å². The van der Waals surface area contributed by atoms with Crippen LogP contribution >= 0.6 is 8.20 Å². The first-order chi connectivity index (χ1) is 3.95. The molecule has 0 N–H and O–H groups in total. The Morgan fingerprint density at radius 2 is 1.89 bits per heavy atom.